The molecule has 3 nitrogen and oxygen atoms in total. The van der Waals surface area contributed by atoms with Crippen molar-refractivity contribution in [1.82, 2.24) is 4.98 Å². The van der Waals surface area contributed by atoms with Gasteiger partial charge in [-0.25, -0.2) is 4.98 Å². The number of hydrogen-bond acceptors (Lipinski definition) is 4. The fraction of sp³-hybridized carbons (Fsp3) is 0.267. The quantitative estimate of drug-likeness (QED) is 0.864. The Kier molecular flexibility index (Phi) is 4.45. The number of nitrogens with zero attached hydrogens (tertiary/aromatic N) is 1. The molecule has 19 heavy (non-hydrogen) atoms. The molecule has 100 valence electrons. The van der Waals surface area contributed by atoms with Crippen LogP contribution in [-0.4, -0.2) is 16.3 Å². The van der Waals surface area contributed by atoms with Crippen molar-refractivity contribution in [2.45, 2.75) is 25.3 Å². The molecule has 0 aliphatic rings. The fourth-order valence-electron chi connectivity index (χ4n) is 1.86. The van der Waals surface area contributed by atoms with E-state index in [0.29, 0.717) is 5.88 Å². The zero-order valence-corrected chi connectivity index (χ0v) is 12.1. The molecule has 4 heteroatoms. The molecule has 0 saturated carbocycles. The Labute approximate surface area is 117 Å². The lowest BCUT2D eigenvalue weighted by atomic mass is 10.1. The molecule has 2 rings (SSSR count). The summed E-state index contributed by atoms with van der Waals surface area (Å²) in [5.41, 5.74) is 2.61. The van der Waals surface area contributed by atoms with Crippen LogP contribution in [0.2, 0.25) is 0 Å². The van der Waals surface area contributed by atoms with Crippen molar-refractivity contribution in [3.05, 3.63) is 47.2 Å². The molecule has 0 aliphatic carbocycles. The number of aliphatic hydroxyl groups excluding tert-OH is 1. The first-order valence-corrected chi connectivity index (χ1v) is 7.26. The van der Waals surface area contributed by atoms with Gasteiger partial charge >= 0.3 is 0 Å². The molecule has 0 amide bonds. The van der Waals surface area contributed by atoms with Crippen LogP contribution >= 0.6 is 11.8 Å². The Morgan fingerprint density at radius 2 is 1.89 bits per heavy atom. The zero-order chi connectivity index (χ0) is 13.8. The molecule has 0 atom stereocenters. The fourth-order valence-corrected chi connectivity index (χ4v) is 2.27. The third kappa shape index (κ3) is 3.28. The van der Waals surface area contributed by atoms with Crippen molar-refractivity contribution in [2.24, 2.45) is 0 Å². The Bertz CT molecular complexity index is 567. The van der Waals surface area contributed by atoms with Crippen LogP contribution in [0.25, 0.3) is 0 Å². The maximum Gasteiger partial charge on any atom is 0.225 e. The lowest BCUT2D eigenvalue weighted by Gasteiger charge is -2.12. The molecule has 1 aromatic carbocycles. The summed E-state index contributed by atoms with van der Waals surface area (Å²) in [4.78, 5) is 5.54. The van der Waals surface area contributed by atoms with Crippen molar-refractivity contribution >= 4 is 11.8 Å². The number of hydrogen-bond donors (Lipinski definition) is 1. The van der Waals surface area contributed by atoms with Crippen LogP contribution in [0.3, 0.4) is 0 Å². The molecule has 2 aromatic rings. The third-order valence-corrected chi connectivity index (χ3v) is 3.61. The number of aryl methyl sites for hydroxylation is 2. The summed E-state index contributed by atoms with van der Waals surface area (Å²) in [6.07, 6.45) is 2.03. The summed E-state index contributed by atoms with van der Waals surface area (Å²) >= 11 is 1.69. The van der Waals surface area contributed by atoms with E-state index >= 15 is 0 Å². The second-order valence-electron chi connectivity index (χ2n) is 4.30. The van der Waals surface area contributed by atoms with Gasteiger partial charge in [-0.3, -0.25) is 0 Å². The second-order valence-corrected chi connectivity index (χ2v) is 5.18. The smallest absolute Gasteiger partial charge is 0.225 e. The number of ether oxygens (including phenoxy) is 1. The van der Waals surface area contributed by atoms with Gasteiger partial charge in [0.2, 0.25) is 5.88 Å². The molecule has 1 N–H and O–H groups in total. The second kappa shape index (κ2) is 6.08. The zero-order valence-electron chi connectivity index (χ0n) is 11.3. The van der Waals surface area contributed by atoms with E-state index < -0.39 is 0 Å². The van der Waals surface area contributed by atoms with Crippen molar-refractivity contribution in [3.63, 3.8) is 0 Å². The maximum atomic E-state index is 9.43. The van der Waals surface area contributed by atoms with Crippen molar-refractivity contribution in [2.75, 3.05) is 6.26 Å². The monoisotopic (exact) mass is 275 g/mol. The van der Waals surface area contributed by atoms with Gasteiger partial charge in [0, 0.05) is 16.2 Å². The summed E-state index contributed by atoms with van der Waals surface area (Å²) in [6.45, 7) is 3.79. The highest BCUT2D eigenvalue weighted by Crippen LogP contribution is 2.27. The van der Waals surface area contributed by atoms with E-state index in [4.69, 9.17) is 4.74 Å². The highest BCUT2D eigenvalue weighted by Gasteiger charge is 2.10. The number of rotatable bonds is 4. The van der Waals surface area contributed by atoms with E-state index in [9.17, 15) is 5.11 Å². The first kappa shape index (κ1) is 13.9. The molecule has 0 saturated heterocycles. The number of aromatic nitrogens is 1. The number of aliphatic hydroxyl groups is 1. The Morgan fingerprint density at radius 3 is 2.47 bits per heavy atom. The van der Waals surface area contributed by atoms with Crippen LogP contribution < -0.4 is 4.74 Å². The SMILES string of the molecule is CSc1ccc(Oc2nc(C)cc(C)c2CO)cc1. The van der Waals surface area contributed by atoms with Gasteiger partial charge in [0.25, 0.3) is 0 Å². The van der Waals surface area contributed by atoms with E-state index in [0.717, 1.165) is 22.6 Å². The van der Waals surface area contributed by atoms with Gasteiger partial charge in [-0.15, -0.1) is 11.8 Å². The standard InChI is InChI=1S/C15H17NO2S/c1-10-8-11(2)16-15(14(10)9-17)18-12-4-6-13(19-3)7-5-12/h4-8,17H,9H2,1-3H3. The summed E-state index contributed by atoms with van der Waals surface area (Å²) in [5, 5.41) is 9.43. The Hall–Kier alpha value is -1.52. The van der Waals surface area contributed by atoms with Gasteiger partial charge in [0.05, 0.1) is 6.61 Å². The normalized spacial score (nSPS) is 10.5. The molecular weight excluding hydrogens is 258 g/mol. The molecule has 1 aromatic heterocycles. The van der Waals surface area contributed by atoms with Gasteiger partial charge in [0.15, 0.2) is 0 Å². The Morgan fingerprint density at radius 1 is 1.21 bits per heavy atom. The minimum absolute atomic E-state index is 0.0721. The molecule has 0 unspecified atom stereocenters. The maximum absolute atomic E-state index is 9.43. The molecule has 0 aliphatic heterocycles. The van der Waals surface area contributed by atoms with Crippen molar-refractivity contribution in [1.29, 1.82) is 0 Å². The highest BCUT2D eigenvalue weighted by molar-refractivity contribution is 7.98. The number of thioether (sulfide) groups is 1. The molecule has 0 radical (unpaired) electrons. The van der Waals surface area contributed by atoms with Gasteiger partial charge in [-0.1, -0.05) is 0 Å². The summed E-state index contributed by atoms with van der Waals surface area (Å²) in [7, 11) is 0. The highest BCUT2D eigenvalue weighted by atomic mass is 32.2. The van der Waals surface area contributed by atoms with Crippen LogP contribution in [0.15, 0.2) is 35.2 Å². The minimum Gasteiger partial charge on any atom is -0.439 e. The van der Waals surface area contributed by atoms with E-state index in [1.807, 2.05) is 50.4 Å². The summed E-state index contributed by atoms with van der Waals surface area (Å²) < 4.78 is 5.78. The van der Waals surface area contributed by atoms with Crippen LogP contribution in [-0.2, 0) is 6.61 Å². The van der Waals surface area contributed by atoms with E-state index in [2.05, 4.69) is 4.98 Å². The van der Waals surface area contributed by atoms with Crippen LogP contribution in [0, 0.1) is 13.8 Å². The first-order valence-electron chi connectivity index (χ1n) is 6.04. The summed E-state index contributed by atoms with van der Waals surface area (Å²) in [5.74, 6) is 1.21. The van der Waals surface area contributed by atoms with E-state index in [-0.39, 0.29) is 6.61 Å². The van der Waals surface area contributed by atoms with E-state index in [1.54, 1.807) is 11.8 Å². The van der Waals surface area contributed by atoms with Crippen LogP contribution in [0.5, 0.6) is 11.6 Å². The molecule has 1 heterocycles. The topological polar surface area (TPSA) is 42.4 Å². The van der Waals surface area contributed by atoms with Crippen molar-refractivity contribution < 1.29 is 9.84 Å². The molecular formula is C15H17NO2S. The Balaban J connectivity index is 2.31. The third-order valence-electron chi connectivity index (χ3n) is 2.87. The van der Waals surface area contributed by atoms with E-state index in [1.165, 1.54) is 4.90 Å². The van der Waals surface area contributed by atoms with Gasteiger partial charge in [0.1, 0.15) is 5.75 Å². The molecule has 0 bridgehead atoms. The minimum atomic E-state index is -0.0721. The predicted octanol–water partition coefficient (Wildman–Crippen LogP) is 3.70. The lowest BCUT2D eigenvalue weighted by Crippen LogP contribution is -1.99. The van der Waals surface area contributed by atoms with Gasteiger partial charge in [-0.2, -0.15) is 0 Å². The number of pyridine rings is 1. The molecule has 0 fully saturated rings. The van der Waals surface area contributed by atoms with Gasteiger partial charge in [-0.05, 0) is 56.0 Å². The van der Waals surface area contributed by atoms with Gasteiger partial charge < -0.3 is 9.84 Å². The largest absolute Gasteiger partial charge is 0.439 e. The van der Waals surface area contributed by atoms with Crippen LogP contribution in [0.4, 0.5) is 0 Å². The number of benzene rings is 1. The van der Waals surface area contributed by atoms with Crippen LogP contribution in [0.1, 0.15) is 16.8 Å². The summed E-state index contributed by atoms with van der Waals surface area (Å²) in [6, 6.07) is 9.76. The predicted molar refractivity (Wildman–Crippen MR) is 77.9 cm³/mol. The molecule has 0 spiro atoms. The average Bonchev–Trinajstić information content (AvgIpc) is 2.39. The van der Waals surface area contributed by atoms with Crippen molar-refractivity contribution in [3.8, 4) is 11.6 Å². The lowest BCUT2D eigenvalue weighted by molar-refractivity contribution is 0.274. The first-order chi connectivity index (χ1) is 9.13. The average molecular weight is 275 g/mol.